The van der Waals surface area contributed by atoms with E-state index in [0.717, 1.165) is 17.1 Å². The van der Waals surface area contributed by atoms with Gasteiger partial charge in [-0.05, 0) is 18.2 Å². The van der Waals surface area contributed by atoms with E-state index in [2.05, 4.69) is 15.6 Å². The fourth-order valence-corrected chi connectivity index (χ4v) is 1.99. The van der Waals surface area contributed by atoms with E-state index in [9.17, 15) is 14.0 Å². The molecule has 3 N–H and O–H groups in total. The number of aromatic carboxylic acids is 1. The van der Waals surface area contributed by atoms with Gasteiger partial charge in [-0.15, -0.1) is 11.3 Å². The molecule has 0 bridgehead atoms. The van der Waals surface area contributed by atoms with Crippen molar-refractivity contribution in [1.82, 2.24) is 10.3 Å². The molecular weight excluding hydrogens is 285 g/mol. The van der Waals surface area contributed by atoms with Crippen molar-refractivity contribution >= 4 is 29.0 Å². The van der Waals surface area contributed by atoms with Crippen LogP contribution in [0.15, 0.2) is 29.8 Å². The summed E-state index contributed by atoms with van der Waals surface area (Å²) < 4.78 is 13.4. The number of nitrogens with one attached hydrogen (secondary N) is 2. The van der Waals surface area contributed by atoms with E-state index >= 15 is 0 Å². The lowest BCUT2D eigenvalue weighted by molar-refractivity contribution is 0.0692. The van der Waals surface area contributed by atoms with Crippen LogP contribution in [-0.2, 0) is 6.54 Å². The van der Waals surface area contributed by atoms with Crippen molar-refractivity contribution in [3.8, 4) is 0 Å². The highest BCUT2D eigenvalue weighted by molar-refractivity contribution is 7.09. The number of hydrogen-bond acceptors (Lipinski definition) is 4. The number of carbonyl (C=O) groups excluding carboxylic acids is 1. The highest BCUT2D eigenvalue weighted by Crippen LogP contribution is 2.14. The summed E-state index contributed by atoms with van der Waals surface area (Å²) in [7, 11) is 0. The summed E-state index contributed by atoms with van der Waals surface area (Å²) in [5.41, 5.74) is -0.275. The van der Waals surface area contributed by atoms with Crippen LogP contribution in [0.4, 0.5) is 14.9 Å². The van der Waals surface area contributed by atoms with Crippen LogP contribution >= 0.6 is 11.3 Å². The third-order valence-corrected chi connectivity index (χ3v) is 3.12. The van der Waals surface area contributed by atoms with E-state index in [-0.39, 0.29) is 12.2 Å². The van der Waals surface area contributed by atoms with Crippen LogP contribution in [0.3, 0.4) is 0 Å². The largest absolute Gasteiger partial charge is 0.478 e. The van der Waals surface area contributed by atoms with E-state index in [1.807, 2.05) is 0 Å². The summed E-state index contributed by atoms with van der Waals surface area (Å²) in [6, 6.07) is 2.83. The molecule has 0 atom stereocenters. The van der Waals surface area contributed by atoms with Gasteiger partial charge < -0.3 is 15.7 Å². The van der Waals surface area contributed by atoms with Gasteiger partial charge in [0.2, 0.25) is 0 Å². The van der Waals surface area contributed by atoms with E-state index < -0.39 is 23.4 Å². The average Bonchev–Trinajstić information content (AvgIpc) is 2.89. The van der Waals surface area contributed by atoms with Crippen LogP contribution in [0, 0.1) is 5.82 Å². The van der Waals surface area contributed by atoms with Crippen molar-refractivity contribution in [2.45, 2.75) is 6.54 Å². The minimum absolute atomic E-state index is 0.170. The van der Waals surface area contributed by atoms with Gasteiger partial charge in [0.1, 0.15) is 10.8 Å². The maximum atomic E-state index is 13.4. The molecule has 0 spiro atoms. The second-order valence-electron chi connectivity index (χ2n) is 3.73. The van der Waals surface area contributed by atoms with Crippen molar-refractivity contribution in [3.05, 3.63) is 46.2 Å². The SMILES string of the molecule is O=C(NCc1nccs1)Nc1ccc(C(=O)O)c(F)c1. The number of anilines is 1. The van der Waals surface area contributed by atoms with Gasteiger partial charge in [0, 0.05) is 17.3 Å². The molecule has 0 aliphatic rings. The summed E-state index contributed by atoms with van der Waals surface area (Å²) in [5.74, 6) is -2.27. The Morgan fingerprint density at radius 2 is 2.20 bits per heavy atom. The number of carboxylic acid groups (broad SMARTS) is 1. The number of benzene rings is 1. The molecule has 6 nitrogen and oxygen atoms in total. The first-order valence-corrected chi connectivity index (χ1v) is 6.40. The number of carbonyl (C=O) groups is 2. The highest BCUT2D eigenvalue weighted by Gasteiger charge is 2.11. The molecule has 0 aliphatic heterocycles. The Labute approximate surface area is 117 Å². The van der Waals surface area contributed by atoms with E-state index in [1.165, 1.54) is 17.4 Å². The van der Waals surface area contributed by atoms with Crippen molar-refractivity contribution in [2.24, 2.45) is 0 Å². The van der Waals surface area contributed by atoms with Gasteiger partial charge in [0.05, 0.1) is 12.1 Å². The predicted molar refractivity (Wildman–Crippen MR) is 71.3 cm³/mol. The molecule has 20 heavy (non-hydrogen) atoms. The van der Waals surface area contributed by atoms with Crippen LogP contribution in [0.1, 0.15) is 15.4 Å². The Hall–Kier alpha value is -2.48. The van der Waals surface area contributed by atoms with Gasteiger partial charge in [0.25, 0.3) is 0 Å². The van der Waals surface area contributed by atoms with Gasteiger partial charge in [-0.3, -0.25) is 0 Å². The zero-order valence-corrected chi connectivity index (χ0v) is 10.9. The maximum absolute atomic E-state index is 13.4. The number of halogens is 1. The second-order valence-corrected chi connectivity index (χ2v) is 4.71. The Kier molecular flexibility index (Phi) is 4.26. The van der Waals surface area contributed by atoms with Crippen LogP contribution < -0.4 is 10.6 Å². The predicted octanol–water partition coefficient (Wildman–Crippen LogP) is 2.30. The Bertz CT molecular complexity index is 631. The number of thiazole rings is 1. The first-order valence-electron chi connectivity index (χ1n) is 5.52. The molecule has 1 heterocycles. The summed E-state index contributed by atoms with van der Waals surface area (Å²) in [6.07, 6.45) is 1.62. The second kappa shape index (κ2) is 6.11. The summed E-state index contributed by atoms with van der Waals surface area (Å²) >= 11 is 1.40. The minimum Gasteiger partial charge on any atom is -0.478 e. The molecule has 0 aliphatic carbocycles. The first kappa shape index (κ1) is 13.9. The van der Waals surface area contributed by atoms with E-state index in [4.69, 9.17) is 5.11 Å². The lowest BCUT2D eigenvalue weighted by Crippen LogP contribution is -2.28. The lowest BCUT2D eigenvalue weighted by atomic mass is 10.2. The first-order chi connectivity index (χ1) is 9.56. The number of urea groups is 1. The summed E-state index contributed by atoms with van der Waals surface area (Å²) in [5, 5.41) is 16.2. The molecule has 1 aromatic carbocycles. The Morgan fingerprint density at radius 3 is 2.80 bits per heavy atom. The third-order valence-electron chi connectivity index (χ3n) is 2.34. The fourth-order valence-electron chi connectivity index (χ4n) is 1.44. The standard InChI is InChI=1S/C12H10FN3O3S/c13-9-5-7(1-2-8(9)11(17)18)16-12(19)15-6-10-14-3-4-20-10/h1-5H,6H2,(H,17,18)(H2,15,16,19). The Morgan fingerprint density at radius 1 is 1.40 bits per heavy atom. The molecule has 104 valence electrons. The van der Waals surface area contributed by atoms with Crippen molar-refractivity contribution in [1.29, 1.82) is 0 Å². The van der Waals surface area contributed by atoms with Crippen molar-refractivity contribution in [2.75, 3.05) is 5.32 Å². The zero-order valence-electron chi connectivity index (χ0n) is 10.1. The number of amides is 2. The molecule has 0 fully saturated rings. The van der Waals surface area contributed by atoms with Crippen LogP contribution in [-0.4, -0.2) is 22.1 Å². The van der Waals surface area contributed by atoms with Crippen molar-refractivity contribution in [3.63, 3.8) is 0 Å². The monoisotopic (exact) mass is 295 g/mol. The lowest BCUT2D eigenvalue weighted by Gasteiger charge is -2.07. The topological polar surface area (TPSA) is 91.3 Å². The fraction of sp³-hybridized carbons (Fsp3) is 0.0833. The number of carboxylic acids is 1. The smallest absolute Gasteiger partial charge is 0.338 e. The third kappa shape index (κ3) is 3.51. The molecule has 0 radical (unpaired) electrons. The van der Waals surface area contributed by atoms with Gasteiger partial charge in [0.15, 0.2) is 0 Å². The van der Waals surface area contributed by atoms with Gasteiger partial charge in [-0.25, -0.2) is 19.0 Å². The molecule has 0 unspecified atom stereocenters. The molecular formula is C12H10FN3O3S. The molecule has 2 amide bonds. The maximum Gasteiger partial charge on any atom is 0.338 e. The van der Waals surface area contributed by atoms with E-state index in [0.29, 0.717) is 0 Å². The van der Waals surface area contributed by atoms with Crippen LogP contribution in [0.25, 0.3) is 0 Å². The van der Waals surface area contributed by atoms with Crippen molar-refractivity contribution < 1.29 is 19.1 Å². The van der Waals surface area contributed by atoms with E-state index in [1.54, 1.807) is 11.6 Å². The van der Waals surface area contributed by atoms with Crippen LogP contribution in [0.2, 0.25) is 0 Å². The van der Waals surface area contributed by atoms with Gasteiger partial charge in [-0.1, -0.05) is 0 Å². The minimum atomic E-state index is -1.36. The molecule has 8 heteroatoms. The zero-order chi connectivity index (χ0) is 14.5. The number of hydrogen-bond donors (Lipinski definition) is 3. The number of nitrogens with zero attached hydrogens (tertiary/aromatic N) is 1. The highest BCUT2D eigenvalue weighted by atomic mass is 32.1. The molecule has 0 saturated heterocycles. The van der Waals surface area contributed by atoms with Crippen LogP contribution in [0.5, 0.6) is 0 Å². The molecule has 0 saturated carbocycles. The summed E-state index contributed by atoms with van der Waals surface area (Å²) in [4.78, 5) is 26.2. The normalized spacial score (nSPS) is 10.1. The molecule has 1 aromatic heterocycles. The quantitative estimate of drug-likeness (QED) is 0.807. The summed E-state index contributed by atoms with van der Waals surface area (Å²) in [6.45, 7) is 0.263. The Balaban J connectivity index is 1.94. The molecule has 2 rings (SSSR count). The number of aromatic nitrogens is 1. The van der Waals surface area contributed by atoms with Gasteiger partial charge >= 0.3 is 12.0 Å². The van der Waals surface area contributed by atoms with Gasteiger partial charge in [-0.2, -0.15) is 0 Å². The molecule has 2 aromatic rings. The number of rotatable bonds is 4. The average molecular weight is 295 g/mol.